The van der Waals surface area contributed by atoms with Gasteiger partial charge in [0.15, 0.2) is 0 Å². The highest BCUT2D eigenvalue weighted by molar-refractivity contribution is 5.78. The van der Waals surface area contributed by atoms with Crippen molar-refractivity contribution in [3.8, 4) is 0 Å². The molecule has 20 heavy (non-hydrogen) atoms. The fourth-order valence-corrected chi connectivity index (χ4v) is 2.53. The molecule has 1 heterocycles. The predicted molar refractivity (Wildman–Crippen MR) is 76.8 cm³/mol. The van der Waals surface area contributed by atoms with Crippen LogP contribution in [0.3, 0.4) is 0 Å². The summed E-state index contributed by atoms with van der Waals surface area (Å²) in [7, 11) is 1.95. The van der Waals surface area contributed by atoms with Crippen molar-refractivity contribution in [1.82, 2.24) is 15.5 Å². The number of likely N-dealkylation sites (tertiary alicyclic amines) is 1. The van der Waals surface area contributed by atoms with Gasteiger partial charge in [0.05, 0.1) is 6.54 Å². The van der Waals surface area contributed by atoms with Crippen molar-refractivity contribution in [3.05, 3.63) is 35.6 Å². The summed E-state index contributed by atoms with van der Waals surface area (Å²) in [6.07, 6.45) is 2.26. The molecule has 1 aliphatic rings. The highest BCUT2D eigenvalue weighted by Gasteiger charge is 2.20. The number of nitrogens with one attached hydrogen (secondary N) is 2. The van der Waals surface area contributed by atoms with E-state index in [1.807, 2.05) is 7.05 Å². The molecule has 4 nitrogen and oxygen atoms in total. The van der Waals surface area contributed by atoms with Gasteiger partial charge in [-0.3, -0.25) is 9.69 Å². The van der Waals surface area contributed by atoms with E-state index in [9.17, 15) is 9.18 Å². The number of benzene rings is 1. The van der Waals surface area contributed by atoms with Crippen LogP contribution < -0.4 is 10.6 Å². The smallest absolute Gasteiger partial charge is 0.234 e. The maximum absolute atomic E-state index is 13.4. The Morgan fingerprint density at radius 3 is 3.00 bits per heavy atom. The Hall–Kier alpha value is -1.46. The van der Waals surface area contributed by atoms with Gasteiger partial charge >= 0.3 is 0 Å². The van der Waals surface area contributed by atoms with Crippen LogP contribution in [0.2, 0.25) is 0 Å². The molecule has 5 heteroatoms. The minimum atomic E-state index is -0.277. The summed E-state index contributed by atoms with van der Waals surface area (Å²) < 4.78 is 13.4. The number of carbonyl (C=O) groups is 1. The molecule has 1 saturated heterocycles. The summed E-state index contributed by atoms with van der Waals surface area (Å²) in [6, 6.07) is 6.97. The first kappa shape index (κ1) is 14.9. The van der Waals surface area contributed by atoms with Gasteiger partial charge in [-0.25, -0.2) is 4.39 Å². The number of rotatable bonds is 5. The van der Waals surface area contributed by atoms with E-state index in [1.165, 1.54) is 6.07 Å². The van der Waals surface area contributed by atoms with Crippen LogP contribution in [-0.4, -0.2) is 43.5 Å². The van der Waals surface area contributed by atoms with Gasteiger partial charge in [0, 0.05) is 24.7 Å². The number of carbonyl (C=O) groups excluding carboxylic acids is 1. The SMILES string of the molecule is CNC1CCCN(CC(=O)NCc2ccccc2F)C1. The summed E-state index contributed by atoms with van der Waals surface area (Å²) >= 11 is 0. The first-order valence-corrected chi connectivity index (χ1v) is 7.08. The lowest BCUT2D eigenvalue weighted by molar-refractivity contribution is -0.122. The third-order valence-electron chi connectivity index (χ3n) is 3.71. The summed E-state index contributed by atoms with van der Waals surface area (Å²) in [5.74, 6) is -0.328. The lowest BCUT2D eigenvalue weighted by atomic mass is 10.1. The second-order valence-electron chi connectivity index (χ2n) is 5.23. The van der Waals surface area contributed by atoms with Crippen LogP contribution in [0, 0.1) is 5.82 Å². The average Bonchev–Trinajstić information content (AvgIpc) is 2.46. The highest BCUT2D eigenvalue weighted by atomic mass is 19.1. The third kappa shape index (κ3) is 4.28. The Morgan fingerprint density at radius 2 is 2.25 bits per heavy atom. The van der Waals surface area contributed by atoms with Crippen molar-refractivity contribution in [3.63, 3.8) is 0 Å². The van der Waals surface area contributed by atoms with Gasteiger partial charge in [-0.15, -0.1) is 0 Å². The lowest BCUT2D eigenvalue weighted by Gasteiger charge is -2.31. The summed E-state index contributed by atoms with van der Waals surface area (Å²) in [5.41, 5.74) is 0.521. The van der Waals surface area contributed by atoms with Crippen molar-refractivity contribution in [2.45, 2.75) is 25.4 Å². The summed E-state index contributed by atoms with van der Waals surface area (Å²) in [5, 5.41) is 6.03. The van der Waals surface area contributed by atoms with Crippen LogP contribution in [0.5, 0.6) is 0 Å². The topological polar surface area (TPSA) is 44.4 Å². The molecule has 1 aliphatic heterocycles. The molecule has 0 saturated carbocycles. The number of nitrogens with zero attached hydrogens (tertiary/aromatic N) is 1. The molecular weight excluding hydrogens is 257 g/mol. The van der Waals surface area contributed by atoms with E-state index in [4.69, 9.17) is 0 Å². The monoisotopic (exact) mass is 279 g/mol. The summed E-state index contributed by atoms with van der Waals surface area (Å²) in [6.45, 7) is 2.47. The Labute approximate surface area is 119 Å². The molecule has 1 aromatic carbocycles. The first-order chi connectivity index (χ1) is 9.69. The average molecular weight is 279 g/mol. The molecule has 0 aromatic heterocycles. The van der Waals surface area contributed by atoms with Gasteiger partial charge in [-0.1, -0.05) is 18.2 Å². The number of halogens is 1. The van der Waals surface area contributed by atoms with Crippen molar-refractivity contribution < 1.29 is 9.18 Å². The maximum atomic E-state index is 13.4. The lowest BCUT2D eigenvalue weighted by Crippen LogP contribution is -2.47. The van der Waals surface area contributed by atoms with E-state index >= 15 is 0 Å². The second kappa shape index (κ2) is 7.36. The van der Waals surface area contributed by atoms with Crippen LogP contribution in [-0.2, 0) is 11.3 Å². The van der Waals surface area contributed by atoms with Crippen LogP contribution in [0.4, 0.5) is 4.39 Å². The van der Waals surface area contributed by atoms with Crippen molar-refractivity contribution in [2.75, 3.05) is 26.7 Å². The van der Waals surface area contributed by atoms with E-state index in [0.29, 0.717) is 18.2 Å². The Kier molecular flexibility index (Phi) is 5.49. The van der Waals surface area contributed by atoms with Crippen molar-refractivity contribution in [1.29, 1.82) is 0 Å². The zero-order chi connectivity index (χ0) is 14.4. The number of hydrogen-bond acceptors (Lipinski definition) is 3. The Balaban J connectivity index is 1.77. The largest absolute Gasteiger partial charge is 0.351 e. The van der Waals surface area contributed by atoms with Crippen LogP contribution in [0.1, 0.15) is 18.4 Å². The molecule has 1 unspecified atom stereocenters. The van der Waals surface area contributed by atoms with Gasteiger partial charge in [-0.05, 0) is 32.5 Å². The molecule has 0 aliphatic carbocycles. The van der Waals surface area contributed by atoms with Gasteiger partial charge in [0.25, 0.3) is 0 Å². The fourth-order valence-electron chi connectivity index (χ4n) is 2.53. The predicted octanol–water partition coefficient (Wildman–Crippen LogP) is 1.13. The molecule has 110 valence electrons. The molecule has 1 atom stereocenters. The standard InChI is InChI=1S/C15H22FN3O/c1-17-13-6-4-8-19(10-13)11-15(20)18-9-12-5-2-3-7-14(12)16/h2-3,5,7,13,17H,4,6,8-11H2,1H3,(H,18,20). The first-order valence-electron chi connectivity index (χ1n) is 7.08. The Bertz CT molecular complexity index is 452. The molecule has 2 N–H and O–H groups in total. The fraction of sp³-hybridized carbons (Fsp3) is 0.533. The molecule has 1 amide bonds. The molecule has 0 bridgehead atoms. The van der Waals surface area contributed by atoms with Gasteiger partial charge < -0.3 is 10.6 Å². The number of piperidine rings is 1. The normalized spacial score (nSPS) is 19.8. The zero-order valence-corrected chi connectivity index (χ0v) is 11.9. The van der Waals surface area contributed by atoms with Gasteiger partial charge in [0.2, 0.25) is 5.91 Å². The molecule has 1 aromatic rings. The summed E-state index contributed by atoms with van der Waals surface area (Å²) in [4.78, 5) is 14.0. The Morgan fingerprint density at radius 1 is 1.45 bits per heavy atom. The van der Waals surface area contributed by atoms with Crippen LogP contribution in [0.15, 0.2) is 24.3 Å². The van der Waals surface area contributed by atoms with Crippen molar-refractivity contribution in [2.24, 2.45) is 0 Å². The van der Waals surface area contributed by atoms with Crippen LogP contribution >= 0.6 is 0 Å². The molecule has 1 fully saturated rings. The van der Waals surface area contributed by atoms with Gasteiger partial charge in [-0.2, -0.15) is 0 Å². The molecule has 0 spiro atoms. The number of amides is 1. The van der Waals surface area contributed by atoms with E-state index in [0.717, 1.165) is 25.9 Å². The third-order valence-corrected chi connectivity index (χ3v) is 3.71. The highest BCUT2D eigenvalue weighted by Crippen LogP contribution is 2.09. The van der Waals surface area contributed by atoms with E-state index in [-0.39, 0.29) is 18.3 Å². The molecule has 0 radical (unpaired) electrons. The molecular formula is C15H22FN3O. The van der Waals surface area contributed by atoms with Crippen molar-refractivity contribution >= 4 is 5.91 Å². The molecule has 2 rings (SSSR count). The minimum Gasteiger partial charge on any atom is -0.351 e. The van der Waals surface area contributed by atoms with E-state index in [2.05, 4.69) is 15.5 Å². The van der Waals surface area contributed by atoms with Crippen LogP contribution in [0.25, 0.3) is 0 Å². The zero-order valence-electron chi connectivity index (χ0n) is 11.9. The quantitative estimate of drug-likeness (QED) is 0.849. The number of hydrogen-bond donors (Lipinski definition) is 2. The number of likely N-dealkylation sites (N-methyl/N-ethyl adjacent to an activating group) is 1. The maximum Gasteiger partial charge on any atom is 0.234 e. The van der Waals surface area contributed by atoms with E-state index < -0.39 is 0 Å². The minimum absolute atomic E-state index is 0.0509. The second-order valence-corrected chi connectivity index (χ2v) is 5.23. The van der Waals surface area contributed by atoms with Gasteiger partial charge in [0.1, 0.15) is 5.82 Å². The van der Waals surface area contributed by atoms with E-state index in [1.54, 1.807) is 18.2 Å².